The van der Waals surface area contributed by atoms with E-state index in [-0.39, 0.29) is 36.1 Å². The highest BCUT2D eigenvalue weighted by Crippen LogP contribution is 2.26. The second kappa shape index (κ2) is 7.66. The van der Waals surface area contributed by atoms with Crippen LogP contribution in [0.1, 0.15) is 26.7 Å². The second-order valence-electron chi connectivity index (χ2n) is 6.88. The summed E-state index contributed by atoms with van der Waals surface area (Å²) >= 11 is 0. The highest BCUT2D eigenvalue weighted by Gasteiger charge is 2.36. The van der Waals surface area contributed by atoms with E-state index in [4.69, 9.17) is 4.74 Å². The molecule has 2 atom stereocenters. The lowest BCUT2D eigenvalue weighted by Crippen LogP contribution is -2.48. The minimum Gasteiger partial charge on any atom is -0.483 e. The highest BCUT2D eigenvalue weighted by molar-refractivity contribution is 7.91. The number of hydrogen-bond donors (Lipinski definition) is 0. The number of hydrogen-bond acceptors (Lipinski definition) is 4. The number of fused-ring (bicyclic) bond motifs is 1. The fourth-order valence-electron chi connectivity index (χ4n) is 3.54. The lowest BCUT2D eigenvalue weighted by Gasteiger charge is -2.33. The van der Waals surface area contributed by atoms with Gasteiger partial charge in [0.05, 0.1) is 11.5 Å². The van der Waals surface area contributed by atoms with Gasteiger partial charge in [0.2, 0.25) is 0 Å². The Kier molecular flexibility index (Phi) is 5.51. The molecule has 1 amide bonds. The van der Waals surface area contributed by atoms with Crippen LogP contribution in [0.3, 0.4) is 0 Å². The van der Waals surface area contributed by atoms with Gasteiger partial charge in [0.15, 0.2) is 16.4 Å². The molecule has 1 aliphatic heterocycles. The fourth-order valence-corrected chi connectivity index (χ4v) is 5.25. The molecule has 2 aromatic carbocycles. The average molecular weight is 375 g/mol. The minimum atomic E-state index is -3.05. The molecule has 2 aromatic rings. The summed E-state index contributed by atoms with van der Waals surface area (Å²) in [5, 5.41) is 2.01. The first-order valence-electron chi connectivity index (χ1n) is 9.03. The molecule has 0 spiro atoms. The fraction of sp³-hybridized carbons (Fsp3) is 0.450. The first-order valence-corrected chi connectivity index (χ1v) is 10.9. The molecule has 1 aliphatic rings. The van der Waals surface area contributed by atoms with Crippen molar-refractivity contribution in [3.05, 3.63) is 42.5 Å². The summed E-state index contributed by atoms with van der Waals surface area (Å²) in [5.74, 6) is 0.716. The zero-order valence-electron chi connectivity index (χ0n) is 15.2. The number of carbonyl (C=O) groups is 1. The Balaban J connectivity index is 1.75. The Morgan fingerprint density at radius 2 is 1.96 bits per heavy atom. The van der Waals surface area contributed by atoms with Crippen LogP contribution in [0.4, 0.5) is 0 Å². The Hall–Kier alpha value is -2.08. The van der Waals surface area contributed by atoms with Crippen molar-refractivity contribution in [3.63, 3.8) is 0 Å². The summed E-state index contributed by atoms with van der Waals surface area (Å²) in [6.07, 6.45) is 1.28. The molecule has 0 radical (unpaired) electrons. The van der Waals surface area contributed by atoms with E-state index < -0.39 is 9.84 Å². The van der Waals surface area contributed by atoms with Crippen LogP contribution in [0, 0.1) is 0 Å². The van der Waals surface area contributed by atoms with Crippen molar-refractivity contribution in [2.75, 3.05) is 18.1 Å². The van der Waals surface area contributed by atoms with E-state index in [0.717, 1.165) is 17.2 Å². The predicted octanol–water partition coefficient (Wildman–Crippen LogP) is 3.03. The molecule has 0 bridgehead atoms. The SMILES string of the molecule is CC[C@H](C)N(C(=O)COc1cccc2ccccc12)[C@@H]1CCS(=O)(=O)C1. The molecule has 0 N–H and O–H groups in total. The zero-order chi connectivity index (χ0) is 18.7. The number of sulfone groups is 1. The number of rotatable bonds is 6. The van der Waals surface area contributed by atoms with Crippen molar-refractivity contribution >= 4 is 26.5 Å². The number of nitrogens with zero attached hydrogens (tertiary/aromatic N) is 1. The molecule has 1 heterocycles. The van der Waals surface area contributed by atoms with Gasteiger partial charge in [-0.3, -0.25) is 4.79 Å². The van der Waals surface area contributed by atoms with Crippen LogP contribution in [0.25, 0.3) is 10.8 Å². The topological polar surface area (TPSA) is 63.7 Å². The first kappa shape index (κ1) is 18.7. The molecule has 140 valence electrons. The molecule has 0 unspecified atom stereocenters. The summed E-state index contributed by atoms with van der Waals surface area (Å²) < 4.78 is 29.5. The van der Waals surface area contributed by atoms with Crippen molar-refractivity contribution in [1.82, 2.24) is 4.90 Å². The maximum Gasteiger partial charge on any atom is 0.261 e. The van der Waals surface area contributed by atoms with Crippen molar-refractivity contribution in [2.24, 2.45) is 0 Å². The highest BCUT2D eigenvalue weighted by atomic mass is 32.2. The Bertz CT molecular complexity index is 888. The molecule has 3 rings (SSSR count). The van der Waals surface area contributed by atoms with Gasteiger partial charge in [-0.2, -0.15) is 0 Å². The van der Waals surface area contributed by atoms with E-state index in [0.29, 0.717) is 12.2 Å². The van der Waals surface area contributed by atoms with Crippen LogP contribution in [0.5, 0.6) is 5.75 Å². The largest absolute Gasteiger partial charge is 0.483 e. The van der Waals surface area contributed by atoms with Crippen molar-refractivity contribution < 1.29 is 17.9 Å². The van der Waals surface area contributed by atoms with Gasteiger partial charge in [0.1, 0.15) is 5.75 Å². The van der Waals surface area contributed by atoms with E-state index in [1.165, 1.54) is 0 Å². The number of ether oxygens (including phenoxy) is 1. The van der Waals surface area contributed by atoms with Gasteiger partial charge in [-0.05, 0) is 31.2 Å². The molecule has 1 saturated heterocycles. The maximum atomic E-state index is 12.9. The van der Waals surface area contributed by atoms with Gasteiger partial charge in [-0.15, -0.1) is 0 Å². The smallest absolute Gasteiger partial charge is 0.261 e. The van der Waals surface area contributed by atoms with E-state index in [1.807, 2.05) is 56.3 Å². The van der Waals surface area contributed by atoms with Gasteiger partial charge in [-0.1, -0.05) is 43.3 Å². The molecule has 0 saturated carbocycles. The maximum absolute atomic E-state index is 12.9. The third-order valence-electron chi connectivity index (χ3n) is 5.06. The summed E-state index contributed by atoms with van der Waals surface area (Å²) in [4.78, 5) is 14.6. The monoisotopic (exact) mass is 375 g/mol. The third kappa shape index (κ3) is 4.01. The van der Waals surface area contributed by atoms with Crippen LogP contribution < -0.4 is 4.74 Å². The molecular formula is C20H25NO4S. The lowest BCUT2D eigenvalue weighted by atomic mass is 10.1. The number of benzene rings is 2. The van der Waals surface area contributed by atoms with Crippen LogP contribution in [-0.4, -0.2) is 49.4 Å². The molecular weight excluding hydrogens is 350 g/mol. The molecule has 5 nitrogen and oxygen atoms in total. The summed E-state index contributed by atoms with van der Waals surface area (Å²) in [6.45, 7) is 3.87. The number of amides is 1. The van der Waals surface area contributed by atoms with Crippen molar-refractivity contribution in [1.29, 1.82) is 0 Å². The first-order chi connectivity index (χ1) is 12.4. The number of carbonyl (C=O) groups excluding carboxylic acids is 1. The van der Waals surface area contributed by atoms with Crippen LogP contribution >= 0.6 is 0 Å². The Labute approximate surface area is 154 Å². The zero-order valence-corrected chi connectivity index (χ0v) is 16.0. The lowest BCUT2D eigenvalue weighted by molar-refractivity contribution is -0.137. The quantitative estimate of drug-likeness (QED) is 0.778. The normalized spacial score (nSPS) is 20.0. The molecule has 0 aliphatic carbocycles. The Morgan fingerprint density at radius 1 is 1.23 bits per heavy atom. The van der Waals surface area contributed by atoms with Gasteiger partial charge < -0.3 is 9.64 Å². The van der Waals surface area contributed by atoms with Gasteiger partial charge in [-0.25, -0.2) is 8.42 Å². The van der Waals surface area contributed by atoms with E-state index in [2.05, 4.69) is 0 Å². The van der Waals surface area contributed by atoms with Crippen LogP contribution in [0.15, 0.2) is 42.5 Å². The third-order valence-corrected chi connectivity index (χ3v) is 6.81. The standard InChI is InChI=1S/C20H25NO4S/c1-3-15(2)21(17-11-12-26(23,24)14-17)20(22)13-25-19-10-6-8-16-7-4-5-9-18(16)19/h4-10,15,17H,3,11-14H2,1-2H3/t15-,17+/m0/s1. The van der Waals surface area contributed by atoms with Crippen LogP contribution in [0.2, 0.25) is 0 Å². The van der Waals surface area contributed by atoms with Gasteiger partial charge in [0.25, 0.3) is 5.91 Å². The van der Waals surface area contributed by atoms with E-state index in [1.54, 1.807) is 4.90 Å². The minimum absolute atomic E-state index is 0.0167. The van der Waals surface area contributed by atoms with E-state index in [9.17, 15) is 13.2 Å². The molecule has 1 fully saturated rings. The second-order valence-corrected chi connectivity index (χ2v) is 9.11. The molecule has 6 heteroatoms. The predicted molar refractivity (Wildman–Crippen MR) is 103 cm³/mol. The molecule has 26 heavy (non-hydrogen) atoms. The van der Waals surface area contributed by atoms with E-state index >= 15 is 0 Å². The van der Waals surface area contributed by atoms with Gasteiger partial charge >= 0.3 is 0 Å². The summed E-state index contributed by atoms with van der Waals surface area (Å²) in [7, 11) is -3.05. The van der Waals surface area contributed by atoms with Crippen LogP contribution in [-0.2, 0) is 14.6 Å². The van der Waals surface area contributed by atoms with Gasteiger partial charge in [0, 0.05) is 17.5 Å². The Morgan fingerprint density at radius 3 is 2.65 bits per heavy atom. The van der Waals surface area contributed by atoms with Crippen molar-refractivity contribution in [3.8, 4) is 5.75 Å². The average Bonchev–Trinajstić information content (AvgIpc) is 2.99. The molecule has 0 aromatic heterocycles. The summed E-state index contributed by atoms with van der Waals surface area (Å²) in [6, 6.07) is 13.3. The van der Waals surface area contributed by atoms with Crippen molar-refractivity contribution in [2.45, 2.75) is 38.8 Å². The summed E-state index contributed by atoms with van der Waals surface area (Å²) in [5.41, 5.74) is 0.